The van der Waals surface area contributed by atoms with Gasteiger partial charge in [0, 0.05) is 13.3 Å². The van der Waals surface area contributed by atoms with Crippen molar-refractivity contribution >= 4 is 23.2 Å². The van der Waals surface area contributed by atoms with E-state index >= 15 is 0 Å². The lowest BCUT2D eigenvalue weighted by molar-refractivity contribution is -0.137. The van der Waals surface area contributed by atoms with Crippen LogP contribution in [0.25, 0.3) is 0 Å². The lowest BCUT2D eigenvalue weighted by Crippen LogP contribution is -2.16. The Balaban J connectivity index is 2.78. The second kappa shape index (κ2) is 9.27. The Kier molecular flexibility index (Phi) is 7.70. The standard InChI is InChI=1S/C16H22F3N3O2/c1-11(23)21-13-8-7-12(16(17,18)19)10-14(13)22-15(24)6-4-2-3-5-9-20/h7-8,10H,2-6,9,20H2,1H3,(H,21,23)(H,22,24). The van der Waals surface area contributed by atoms with Gasteiger partial charge in [0.2, 0.25) is 11.8 Å². The Morgan fingerprint density at radius 2 is 1.71 bits per heavy atom. The number of hydrogen-bond acceptors (Lipinski definition) is 3. The van der Waals surface area contributed by atoms with Crippen LogP contribution in [-0.4, -0.2) is 18.4 Å². The van der Waals surface area contributed by atoms with Crippen LogP contribution in [-0.2, 0) is 15.8 Å². The normalized spacial score (nSPS) is 11.2. The van der Waals surface area contributed by atoms with Gasteiger partial charge in [-0.2, -0.15) is 13.2 Å². The fraction of sp³-hybridized carbons (Fsp3) is 0.500. The number of hydrogen-bond donors (Lipinski definition) is 3. The Labute approximate surface area is 138 Å². The summed E-state index contributed by atoms with van der Waals surface area (Å²) in [7, 11) is 0. The highest BCUT2D eigenvalue weighted by molar-refractivity contribution is 5.99. The highest BCUT2D eigenvalue weighted by Crippen LogP contribution is 2.34. The van der Waals surface area contributed by atoms with Crippen LogP contribution < -0.4 is 16.4 Å². The van der Waals surface area contributed by atoms with Crippen molar-refractivity contribution in [3.05, 3.63) is 23.8 Å². The first-order chi connectivity index (χ1) is 11.2. The largest absolute Gasteiger partial charge is 0.416 e. The zero-order valence-electron chi connectivity index (χ0n) is 13.5. The molecule has 24 heavy (non-hydrogen) atoms. The Bertz CT molecular complexity index is 574. The van der Waals surface area contributed by atoms with Gasteiger partial charge in [0.15, 0.2) is 0 Å². The van der Waals surface area contributed by atoms with Crippen LogP contribution >= 0.6 is 0 Å². The van der Waals surface area contributed by atoms with E-state index in [1.54, 1.807) is 0 Å². The molecule has 0 radical (unpaired) electrons. The molecule has 8 heteroatoms. The van der Waals surface area contributed by atoms with Gasteiger partial charge in [-0.3, -0.25) is 9.59 Å². The van der Waals surface area contributed by atoms with E-state index < -0.39 is 23.6 Å². The van der Waals surface area contributed by atoms with Gasteiger partial charge in [-0.1, -0.05) is 12.8 Å². The number of carbonyl (C=O) groups is 2. The molecule has 1 rings (SSSR count). The first-order valence-electron chi connectivity index (χ1n) is 7.73. The number of nitrogens with one attached hydrogen (secondary N) is 2. The number of anilines is 2. The van der Waals surface area contributed by atoms with Gasteiger partial charge in [0.25, 0.3) is 0 Å². The summed E-state index contributed by atoms with van der Waals surface area (Å²) < 4.78 is 38.4. The molecule has 0 spiro atoms. The second-order valence-electron chi connectivity index (χ2n) is 5.44. The Morgan fingerprint density at radius 3 is 2.29 bits per heavy atom. The molecule has 0 unspecified atom stereocenters. The lowest BCUT2D eigenvalue weighted by Gasteiger charge is -2.15. The zero-order chi connectivity index (χ0) is 18.2. The number of benzene rings is 1. The molecule has 5 nitrogen and oxygen atoms in total. The lowest BCUT2D eigenvalue weighted by atomic mass is 10.1. The molecule has 0 bridgehead atoms. The van der Waals surface area contributed by atoms with Crippen LogP contribution in [0.15, 0.2) is 18.2 Å². The summed E-state index contributed by atoms with van der Waals surface area (Å²) >= 11 is 0. The minimum Gasteiger partial charge on any atom is -0.330 e. The predicted octanol–water partition coefficient (Wildman–Crippen LogP) is 3.51. The van der Waals surface area contributed by atoms with Crippen LogP contribution in [0.4, 0.5) is 24.5 Å². The molecule has 0 aliphatic carbocycles. The van der Waals surface area contributed by atoms with Gasteiger partial charge in [0.05, 0.1) is 16.9 Å². The average Bonchev–Trinajstić information content (AvgIpc) is 2.47. The van der Waals surface area contributed by atoms with Crippen molar-refractivity contribution < 1.29 is 22.8 Å². The summed E-state index contributed by atoms with van der Waals surface area (Å²) in [6, 6.07) is 2.80. The zero-order valence-corrected chi connectivity index (χ0v) is 13.5. The summed E-state index contributed by atoms with van der Waals surface area (Å²) in [5.74, 6) is -0.833. The van der Waals surface area contributed by atoms with Gasteiger partial charge < -0.3 is 16.4 Å². The first-order valence-corrected chi connectivity index (χ1v) is 7.73. The van der Waals surface area contributed by atoms with Crippen LogP contribution in [0.5, 0.6) is 0 Å². The van der Waals surface area contributed by atoms with Gasteiger partial charge in [0.1, 0.15) is 0 Å². The van der Waals surface area contributed by atoms with Crippen LogP contribution in [0.2, 0.25) is 0 Å². The van der Waals surface area contributed by atoms with Crippen molar-refractivity contribution in [1.82, 2.24) is 0 Å². The third-order valence-corrected chi connectivity index (χ3v) is 3.29. The smallest absolute Gasteiger partial charge is 0.330 e. The van der Waals surface area contributed by atoms with E-state index in [4.69, 9.17) is 5.73 Å². The molecule has 4 N–H and O–H groups in total. The molecule has 0 saturated heterocycles. The predicted molar refractivity (Wildman–Crippen MR) is 86.5 cm³/mol. The highest BCUT2D eigenvalue weighted by Gasteiger charge is 2.31. The van der Waals surface area contributed by atoms with Crippen molar-refractivity contribution in [2.24, 2.45) is 5.73 Å². The maximum absolute atomic E-state index is 12.8. The first kappa shape index (κ1) is 20.0. The summed E-state index contributed by atoms with van der Waals surface area (Å²) in [6.07, 6.45) is -1.10. The van der Waals surface area contributed by atoms with Crippen molar-refractivity contribution in [3.63, 3.8) is 0 Å². The third-order valence-electron chi connectivity index (χ3n) is 3.29. The molecule has 0 fully saturated rings. The number of alkyl halides is 3. The van der Waals surface area contributed by atoms with Crippen molar-refractivity contribution in [1.29, 1.82) is 0 Å². The van der Waals surface area contributed by atoms with Crippen LogP contribution in [0.1, 0.15) is 44.6 Å². The number of carbonyl (C=O) groups excluding carboxylic acids is 2. The van der Waals surface area contributed by atoms with E-state index in [-0.39, 0.29) is 17.8 Å². The summed E-state index contributed by atoms with van der Waals surface area (Å²) in [6.45, 7) is 1.83. The summed E-state index contributed by atoms with van der Waals surface area (Å²) in [5.41, 5.74) is 4.55. The maximum Gasteiger partial charge on any atom is 0.416 e. The Morgan fingerprint density at radius 1 is 1.04 bits per heavy atom. The molecule has 1 aromatic rings. The monoisotopic (exact) mass is 345 g/mol. The number of nitrogens with two attached hydrogens (primary N) is 1. The number of halogens is 3. The van der Waals surface area contributed by atoms with E-state index in [1.165, 1.54) is 6.92 Å². The van der Waals surface area contributed by atoms with Crippen LogP contribution in [0, 0.1) is 0 Å². The fourth-order valence-corrected chi connectivity index (χ4v) is 2.12. The van der Waals surface area contributed by atoms with E-state index in [1.807, 2.05) is 0 Å². The fourth-order valence-electron chi connectivity index (χ4n) is 2.12. The third kappa shape index (κ3) is 6.99. The Hall–Kier alpha value is -2.09. The van der Waals surface area contributed by atoms with Crippen molar-refractivity contribution in [2.45, 2.75) is 45.2 Å². The number of unbranched alkanes of at least 4 members (excludes halogenated alkanes) is 3. The maximum atomic E-state index is 12.8. The van der Waals surface area contributed by atoms with Gasteiger partial charge in [-0.15, -0.1) is 0 Å². The van der Waals surface area contributed by atoms with Crippen molar-refractivity contribution in [2.75, 3.05) is 17.2 Å². The van der Waals surface area contributed by atoms with E-state index in [0.29, 0.717) is 13.0 Å². The van der Waals surface area contributed by atoms with E-state index in [0.717, 1.165) is 37.5 Å². The molecule has 1 aromatic carbocycles. The summed E-state index contributed by atoms with van der Waals surface area (Å²) in [4.78, 5) is 23.1. The molecule has 0 saturated carbocycles. The second-order valence-corrected chi connectivity index (χ2v) is 5.44. The molecule has 134 valence electrons. The van der Waals surface area contributed by atoms with Gasteiger partial charge in [-0.05, 0) is 37.6 Å². The average molecular weight is 345 g/mol. The minimum absolute atomic E-state index is 0.0630. The SMILES string of the molecule is CC(=O)Nc1ccc(C(F)(F)F)cc1NC(=O)CCCCCCN. The molecule has 0 aliphatic heterocycles. The number of amides is 2. The minimum atomic E-state index is -4.53. The molecule has 0 heterocycles. The number of rotatable bonds is 8. The highest BCUT2D eigenvalue weighted by atomic mass is 19.4. The van der Waals surface area contributed by atoms with E-state index in [2.05, 4.69) is 10.6 Å². The van der Waals surface area contributed by atoms with Gasteiger partial charge >= 0.3 is 6.18 Å². The quantitative estimate of drug-likeness (QED) is 0.630. The summed E-state index contributed by atoms with van der Waals surface area (Å²) in [5, 5.41) is 4.85. The molecule has 0 aliphatic rings. The molecule has 0 atom stereocenters. The van der Waals surface area contributed by atoms with Gasteiger partial charge in [-0.25, -0.2) is 0 Å². The molecule has 0 aromatic heterocycles. The topological polar surface area (TPSA) is 84.2 Å². The van der Waals surface area contributed by atoms with E-state index in [9.17, 15) is 22.8 Å². The molecule has 2 amide bonds. The molecular weight excluding hydrogens is 323 g/mol. The van der Waals surface area contributed by atoms with Crippen LogP contribution in [0.3, 0.4) is 0 Å². The van der Waals surface area contributed by atoms with Crippen molar-refractivity contribution in [3.8, 4) is 0 Å². The molecular formula is C16H22F3N3O2.